The highest BCUT2D eigenvalue weighted by atomic mass is 16.5. The molecule has 0 fully saturated rings. The zero-order chi connectivity index (χ0) is 21.7. The van der Waals surface area contributed by atoms with Gasteiger partial charge in [-0.05, 0) is 72.4 Å². The highest BCUT2D eigenvalue weighted by Crippen LogP contribution is 2.37. The number of nitrogens with zero attached hydrogens (tertiary/aromatic N) is 1. The minimum Gasteiger partial charge on any atom is -0.338 e. The molecule has 2 aromatic carbocycles. The van der Waals surface area contributed by atoms with Crippen LogP contribution in [-0.4, -0.2) is 28.5 Å². The van der Waals surface area contributed by atoms with Crippen molar-refractivity contribution in [2.45, 2.75) is 59.4 Å². The van der Waals surface area contributed by atoms with Crippen LogP contribution in [0.3, 0.4) is 0 Å². The van der Waals surface area contributed by atoms with Gasteiger partial charge in [0.05, 0.1) is 0 Å². The topological polar surface area (TPSA) is 69.6 Å². The molecule has 1 unspecified atom stereocenters. The van der Waals surface area contributed by atoms with Crippen molar-refractivity contribution in [2.75, 3.05) is 6.54 Å². The van der Waals surface area contributed by atoms with E-state index in [9.17, 15) is 9.59 Å². The molecule has 5 heteroatoms. The number of carbonyl (C=O) groups excluding carboxylic acids is 2. The van der Waals surface area contributed by atoms with Crippen molar-refractivity contribution in [3.63, 3.8) is 0 Å². The number of aryl methyl sites for hydroxylation is 2. The van der Waals surface area contributed by atoms with Gasteiger partial charge in [-0.25, -0.2) is 5.48 Å². The zero-order valence-corrected chi connectivity index (χ0v) is 18.2. The van der Waals surface area contributed by atoms with Crippen molar-refractivity contribution >= 4 is 11.8 Å². The van der Waals surface area contributed by atoms with E-state index < -0.39 is 5.91 Å². The molecule has 2 amide bonds. The number of fused-ring (bicyclic) bond motifs is 1. The molecule has 0 radical (unpaired) electrons. The third-order valence-corrected chi connectivity index (χ3v) is 6.20. The summed E-state index contributed by atoms with van der Waals surface area (Å²) in [5.74, 6) is -0.275. The molecule has 0 bridgehead atoms. The second-order valence-electron chi connectivity index (χ2n) is 8.84. The van der Waals surface area contributed by atoms with Gasteiger partial charge in [0.2, 0.25) is 5.91 Å². The van der Waals surface area contributed by atoms with Crippen LogP contribution >= 0.6 is 0 Å². The highest BCUT2D eigenvalue weighted by molar-refractivity contribution is 5.93. The van der Waals surface area contributed by atoms with Crippen LogP contribution < -0.4 is 5.48 Å². The van der Waals surface area contributed by atoms with E-state index in [-0.39, 0.29) is 11.3 Å². The van der Waals surface area contributed by atoms with E-state index in [1.807, 2.05) is 36.1 Å². The second kappa shape index (κ2) is 9.43. The lowest BCUT2D eigenvalue weighted by atomic mass is 9.72. The first kappa shape index (κ1) is 22.0. The molecule has 30 heavy (non-hydrogen) atoms. The summed E-state index contributed by atoms with van der Waals surface area (Å²) in [7, 11) is 0. The molecule has 0 heterocycles. The summed E-state index contributed by atoms with van der Waals surface area (Å²) >= 11 is 0. The summed E-state index contributed by atoms with van der Waals surface area (Å²) in [4.78, 5) is 26.7. The van der Waals surface area contributed by atoms with E-state index in [0.29, 0.717) is 18.5 Å². The molecule has 2 N–H and O–H groups in total. The maximum atomic E-state index is 12.9. The van der Waals surface area contributed by atoms with Gasteiger partial charge in [0, 0.05) is 25.1 Å². The first-order valence-corrected chi connectivity index (χ1v) is 10.7. The molecule has 1 aliphatic rings. The smallest absolute Gasteiger partial charge is 0.274 e. The Morgan fingerprint density at radius 2 is 1.93 bits per heavy atom. The highest BCUT2D eigenvalue weighted by Gasteiger charge is 2.33. The van der Waals surface area contributed by atoms with Crippen molar-refractivity contribution in [1.29, 1.82) is 0 Å². The Labute approximate surface area is 179 Å². The van der Waals surface area contributed by atoms with Gasteiger partial charge in [-0.2, -0.15) is 0 Å². The maximum Gasteiger partial charge on any atom is 0.274 e. The van der Waals surface area contributed by atoms with Crippen LogP contribution in [0.15, 0.2) is 42.5 Å². The van der Waals surface area contributed by atoms with Crippen LogP contribution in [0.4, 0.5) is 0 Å². The van der Waals surface area contributed by atoms with Crippen LogP contribution in [0.1, 0.15) is 65.7 Å². The first-order valence-electron chi connectivity index (χ1n) is 10.7. The number of rotatable bonds is 7. The Hall–Kier alpha value is -2.66. The van der Waals surface area contributed by atoms with E-state index in [2.05, 4.69) is 26.0 Å². The molecule has 5 nitrogen and oxygen atoms in total. The molecule has 0 saturated carbocycles. The fourth-order valence-corrected chi connectivity index (χ4v) is 4.41. The van der Waals surface area contributed by atoms with Crippen LogP contribution in [0.2, 0.25) is 0 Å². The number of nitrogens with one attached hydrogen (secondary N) is 1. The van der Waals surface area contributed by atoms with Crippen molar-refractivity contribution < 1.29 is 14.8 Å². The van der Waals surface area contributed by atoms with Gasteiger partial charge in [0.1, 0.15) is 0 Å². The summed E-state index contributed by atoms with van der Waals surface area (Å²) in [6.07, 6.45) is 4.09. The Morgan fingerprint density at radius 3 is 2.63 bits per heavy atom. The molecule has 0 aliphatic heterocycles. The van der Waals surface area contributed by atoms with Crippen LogP contribution in [-0.2, 0) is 24.2 Å². The minimum absolute atomic E-state index is 0.0140. The molecule has 1 aliphatic carbocycles. The quantitative estimate of drug-likeness (QED) is 0.526. The summed E-state index contributed by atoms with van der Waals surface area (Å²) in [5, 5.41) is 8.87. The van der Waals surface area contributed by atoms with Crippen LogP contribution in [0.25, 0.3) is 0 Å². The predicted octanol–water partition coefficient (Wildman–Crippen LogP) is 4.44. The Balaban J connectivity index is 1.79. The molecular weight excluding hydrogens is 376 g/mol. The third kappa shape index (κ3) is 5.08. The zero-order valence-electron chi connectivity index (χ0n) is 18.2. The number of carbonyl (C=O) groups is 2. The van der Waals surface area contributed by atoms with Gasteiger partial charge in [-0.1, -0.05) is 44.2 Å². The van der Waals surface area contributed by atoms with Crippen molar-refractivity contribution in [2.24, 2.45) is 5.41 Å². The Bertz CT molecular complexity index is 924. The Morgan fingerprint density at radius 1 is 1.17 bits per heavy atom. The van der Waals surface area contributed by atoms with Crippen LogP contribution in [0.5, 0.6) is 0 Å². The lowest BCUT2D eigenvalue weighted by Gasteiger charge is -2.39. The van der Waals surface area contributed by atoms with Gasteiger partial charge >= 0.3 is 0 Å². The monoisotopic (exact) mass is 408 g/mol. The van der Waals surface area contributed by atoms with Gasteiger partial charge in [-0.3, -0.25) is 14.8 Å². The molecular formula is C25H32N2O3. The van der Waals surface area contributed by atoms with E-state index in [1.54, 1.807) is 11.5 Å². The summed E-state index contributed by atoms with van der Waals surface area (Å²) in [6.45, 7) is 7.76. The average molecular weight is 409 g/mol. The lowest BCUT2D eigenvalue weighted by Crippen LogP contribution is -2.42. The van der Waals surface area contributed by atoms with E-state index in [1.165, 1.54) is 16.7 Å². The average Bonchev–Trinajstić information content (AvgIpc) is 2.74. The Kier molecular flexibility index (Phi) is 6.93. The number of hydrogen-bond acceptors (Lipinski definition) is 3. The molecule has 0 spiro atoms. The third-order valence-electron chi connectivity index (χ3n) is 6.20. The maximum absolute atomic E-state index is 12.9. The molecule has 0 aromatic heterocycles. The minimum atomic E-state index is -0.485. The van der Waals surface area contributed by atoms with E-state index >= 15 is 0 Å². The lowest BCUT2D eigenvalue weighted by molar-refractivity contribution is -0.133. The van der Waals surface area contributed by atoms with Gasteiger partial charge < -0.3 is 4.90 Å². The number of amides is 2. The van der Waals surface area contributed by atoms with E-state index in [4.69, 9.17) is 5.21 Å². The first-order chi connectivity index (χ1) is 14.3. The molecule has 1 atom stereocenters. The predicted molar refractivity (Wildman–Crippen MR) is 117 cm³/mol. The van der Waals surface area contributed by atoms with Crippen molar-refractivity contribution in [1.82, 2.24) is 10.4 Å². The standard InChI is InChI=1S/C25H32N2O3/c1-4-7-23(28)27(16-22-9-6-5-8-18(22)2)17-25(3)13-12-19-14-20(24(29)26-30)10-11-21(19)15-25/h5-6,8-11,14,30H,4,7,12-13,15-17H2,1-3H3,(H,26,29). The normalized spacial score (nSPS) is 17.9. The van der Waals surface area contributed by atoms with Gasteiger partial charge in [0.25, 0.3) is 5.91 Å². The van der Waals surface area contributed by atoms with Crippen molar-refractivity contribution in [3.8, 4) is 0 Å². The number of benzene rings is 2. The SMILES string of the molecule is CCCC(=O)N(Cc1ccccc1C)CC1(C)CCc2cc(C(=O)NO)ccc2C1. The van der Waals surface area contributed by atoms with E-state index in [0.717, 1.165) is 37.8 Å². The fourth-order valence-electron chi connectivity index (χ4n) is 4.41. The van der Waals surface area contributed by atoms with Gasteiger partial charge in [-0.15, -0.1) is 0 Å². The number of hydrogen-bond donors (Lipinski definition) is 2. The van der Waals surface area contributed by atoms with Gasteiger partial charge in [0.15, 0.2) is 0 Å². The largest absolute Gasteiger partial charge is 0.338 e. The number of hydroxylamine groups is 1. The molecule has 0 saturated heterocycles. The molecule has 160 valence electrons. The molecule has 2 aromatic rings. The summed E-state index contributed by atoms with van der Waals surface area (Å²) in [5.41, 5.74) is 6.93. The fraction of sp³-hybridized carbons (Fsp3) is 0.440. The van der Waals surface area contributed by atoms with Crippen molar-refractivity contribution in [3.05, 3.63) is 70.3 Å². The summed E-state index contributed by atoms with van der Waals surface area (Å²) in [6, 6.07) is 13.9. The van der Waals surface area contributed by atoms with Crippen LogP contribution in [0, 0.1) is 12.3 Å². The second-order valence-corrected chi connectivity index (χ2v) is 8.84. The summed E-state index contributed by atoms with van der Waals surface area (Å²) < 4.78 is 0. The molecule has 3 rings (SSSR count).